The molecule has 4 rings (SSSR count). The molecular formula is C31H34N4O9. The van der Waals surface area contributed by atoms with E-state index in [1.54, 1.807) is 50.2 Å². The normalized spacial score (nSPS) is 11.6. The van der Waals surface area contributed by atoms with Crippen molar-refractivity contribution in [3.8, 4) is 0 Å². The number of hydrogen-bond donors (Lipinski definition) is 5. The SMILES string of the molecule is CCOC(=O)C(Cc1cc(=O)[nH]c2ccccc12)(NC(C)=O)C(=O)OCC.NC(Cc1cc(=O)[nH]c2ccccc12)C(=O)O. The molecule has 0 aliphatic rings. The summed E-state index contributed by atoms with van der Waals surface area (Å²) in [6, 6.07) is 15.9. The van der Waals surface area contributed by atoms with Gasteiger partial charge in [-0.05, 0) is 43.5 Å². The second-order valence-electron chi connectivity index (χ2n) is 9.76. The van der Waals surface area contributed by atoms with Crippen LogP contribution in [-0.2, 0) is 41.5 Å². The van der Waals surface area contributed by atoms with Crippen LogP contribution in [0.4, 0.5) is 0 Å². The van der Waals surface area contributed by atoms with Crippen LogP contribution in [0, 0.1) is 0 Å². The fraction of sp³-hybridized carbons (Fsp3) is 0.290. The molecule has 2 heterocycles. The zero-order chi connectivity index (χ0) is 32.4. The van der Waals surface area contributed by atoms with Gasteiger partial charge in [0.05, 0.1) is 13.2 Å². The minimum absolute atomic E-state index is 0.00962. The van der Waals surface area contributed by atoms with Gasteiger partial charge in [-0.15, -0.1) is 0 Å². The lowest BCUT2D eigenvalue weighted by Crippen LogP contribution is -2.62. The molecule has 13 heteroatoms. The van der Waals surface area contributed by atoms with Crippen molar-refractivity contribution < 1.29 is 33.8 Å². The fourth-order valence-corrected chi connectivity index (χ4v) is 4.66. The number of fused-ring (bicyclic) bond motifs is 2. The number of carbonyl (C=O) groups excluding carboxylic acids is 3. The van der Waals surface area contributed by atoms with E-state index in [0.29, 0.717) is 27.5 Å². The molecule has 13 nitrogen and oxygen atoms in total. The predicted molar refractivity (Wildman–Crippen MR) is 162 cm³/mol. The second kappa shape index (κ2) is 14.7. The van der Waals surface area contributed by atoms with Crippen molar-refractivity contribution in [2.24, 2.45) is 5.73 Å². The monoisotopic (exact) mass is 606 g/mol. The van der Waals surface area contributed by atoms with Gasteiger partial charge in [0.15, 0.2) is 0 Å². The van der Waals surface area contributed by atoms with Crippen LogP contribution in [0.25, 0.3) is 21.8 Å². The van der Waals surface area contributed by atoms with Gasteiger partial charge in [-0.2, -0.15) is 0 Å². The number of rotatable bonds is 10. The molecular weight excluding hydrogens is 572 g/mol. The summed E-state index contributed by atoms with van der Waals surface area (Å²) in [4.78, 5) is 76.8. The summed E-state index contributed by atoms with van der Waals surface area (Å²) < 4.78 is 10.1. The Hall–Kier alpha value is -5.30. The Morgan fingerprint density at radius 2 is 1.30 bits per heavy atom. The maximum atomic E-state index is 12.7. The molecule has 0 aliphatic carbocycles. The average molecular weight is 607 g/mol. The number of esters is 2. The summed E-state index contributed by atoms with van der Waals surface area (Å²) >= 11 is 0. The van der Waals surface area contributed by atoms with Gasteiger partial charge in [0.2, 0.25) is 22.6 Å². The first kappa shape index (κ1) is 33.2. The molecule has 0 bridgehead atoms. The van der Waals surface area contributed by atoms with Crippen LogP contribution in [0.3, 0.4) is 0 Å². The lowest BCUT2D eigenvalue weighted by molar-refractivity contribution is -0.168. The number of aromatic amines is 2. The molecule has 2 aromatic heterocycles. The standard InChI is InChI=1S/C19H22N2O6.C12H12N2O3/c1-4-26-17(24)19(21-12(3)22,18(25)27-5-2)11-13-10-16(23)20-15-9-7-6-8-14(13)15;13-9(12(16)17)5-7-6-11(15)14-10-4-2-1-3-8(7)10/h6-10H,4-5,11H2,1-3H3,(H,20,23)(H,21,22);1-4,6,9H,5,13H2,(H,14,15)(H,16,17). The van der Waals surface area contributed by atoms with Gasteiger partial charge in [0.25, 0.3) is 0 Å². The molecule has 1 unspecified atom stereocenters. The van der Waals surface area contributed by atoms with Gasteiger partial charge in [-0.1, -0.05) is 36.4 Å². The zero-order valence-electron chi connectivity index (χ0n) is 24.5. The predicted octanol–water partition coefficient (Wildman–Crippen LogP) is 1.55. The summed E-state index contributed by atoms with van der Waals surface area (Å²) in [7, 11) is 0. The van der Waals surface area contributed by atoms with Gasteiger partial charge >= 0.3 is 17.9 Å². The van der Waals surface area contributed by atoms with E-state index in [1.165, 1.54) is 19.1 Å². The number of hydrogen-bond acceptors (Lipinski definition) is 9. The van der Waals surface area contributed by atoms with Gasteiger partial charge in [0, 0.05) is 47.3 Å². The minimum Gasteiger partial charge on any atom is -0.480 e. The number of para-hydroxylation sites is 2. The molecule has 0 saturated heterocycles. The van der Waals surface area contributed by atoms with E-state index >= 15 is 0 Å². The number of ether oxygens (including phenoxy) is 2. The number of carboxylic acid groups (broad SMARTS) is 1. The Labute approximate surface area is 251 Å². The number of benzene rings is 2. The molecule has 0 fully saturated rings. The van der Waals surface area contributed by atoms with E-state index in [-0.39, 0.29) is 31.6 Å². The number of carboxylic acids is 1. The summed E-state index contributed by atoms with van der Waals surface area (Å²) in [6.07, 6.45) is -0.144. The van der Waals surface area contributed by atoms with E-state index in [4.69, 9.17) is 20.3 Å². The summed E-state index contributed by atoms with van der Waals surface area (Å²) in [6.45, 7) is 4.38. The van der Waals surface area contributed by atoms with E-state index in [0.717, 1.165) is 5.39 Å². The van der Waals surface area contributed by atoms with Crippen LogP contribution in [0.1, 0.15) is 31.9 Å². The van der Waals surface area contributed by atoms with Crippen LogP contribution >= 0.6 is 0 Å². The Kier molecular flexibility index (Phi) is 11.1. The van der Waals surface area contributed by atoms with E-state index in [2.05, 4.69) is 15.3 Å². The zero-order valence-corrected chi connectivity index (χ0v) is 24.5. The van der Waals surface area contributed by atoms with Crippen molar-refractivity contribution >= 4 is 45.6 Å². The third kappa shape index (κ3) is 7.95. The number of pyridine rings is 2. The van der Waals surface area contributed by atoms with Crippen LogP contribution in [0.5, 0.6) is 0 Å². The number of aromatic nitrogens is 2. The smallest absolute Gasteiger partial charge is 0.344 e. The van der Waals surface area contributed by atoms with E-state index in [1.807, 2.05) is 12.1 Å². The highest BCUT2D eigenvalue weighted by Crippen LogP contribution is 2.23. The Bertz CT molecular complexity index is 1780. The highest BCUT2D eigenvalue weighted by molar-refractivity contribution is 6.08. The Morgan fingerprint density at radius 1 is 0.841 bits per heavy atom. The van der Waals surface area contributed by atoms with Crippen molar-refractivity contribution in [1.29, 1.82) is 0 Å². The van der Waals surface area contributed by atoms with Gasteiger partial charge < -0.3 is 35.6 Å². The van der Waals surface area contributed by atoms with Gasteiger partial charge in [-0.3, -0.25) is 19.2 Å². The molecule has 0 spiro atoms. The number of amides is 1. The maximum Gasteiger partial charge on any atom is 0.344 e. The molecule has 0 radical (unpaired) electrons. The van der Waals surface area contributed by atoms with Gasteiger partial charge in [0.1, 0.15) is 6.04 Å². The van der Waals surface area contributed by atoms with Gasteiger partial charge in [-0.25, -0.2) is 9.59 Å². The highest BCUT2D eigenvalue weighted by atomic mass is 16.6. The highest BCUT2D eigenvalue weighted by Gasteiger charge is 2.50. The molecule has 0 aliphatic heterocycles. The molecule has 1 atom stereocenters. The topological polar surface area (TPSA) is 211 Å². The molecule has 0 saturated carbocycles. The average Bonchev–Trinajstić information content (AvgIpc) is 2.96. The fourth-order valence-electron chi connectivity index (χ4n) is 4.66. The van der Waals surface area contributed by atoms with Crippen LogP contribution in [-0.4, -0.2) is 63.7 Å². The van der Waals surface area contributed by atoms with E-state index < -0.39 is 41.0 Å². The van der Waals surface area contributed by atoms with Crippen molar-refractivity contribution in [1.82, 2.24) is 15.3 Å². The molecule has 4 aromatic rings. The number of carbonyl (C=O) groups is 4. The van der Waals surface area contributed by atoms with Crippen molar-refractivity contribution in [2.45, 2.75) is 45.2 Å². The molecule has 1 amide bonds. The molecule has 232 valence electrons. The number of aliphatic carboxylic acids is 1. The lowest BCUT2D eigenvalue weighted by atomic mass is 9.88. The second-order valence-corrected chi connectivity index (χ2v) is 9.76. The largest absolute Gasteiger partial charge is 0.480 e. The van der Waals surface area contributed by atoms with Crippen molar-refractivity contribution in [2.75, 3.05) is 13.2 Å². The molecule has 6 N–H and O–H groups in total. The number of nitrogens with two attached hydrogens (primary N) is 1. The first-order valence-corrected chi connectivity index (χ1v) is 13.7. The van der Waals surface area contributed by atoms with E-state index in [9.17, 15) is 28.8 Å². The minimum atomic E-state index is -2.09. The Morgan fingerprint density at radius 3 is 1.75 bits per heavy atom. The van der Waals surface area contributed by atoms with Crippen LogP contribution in [0.15, 0.2) is 70.3 Å². The molecule has 44 heavy (non-hydrogen) atoms. The molecule has 2 aromatic carbocycles. The lowest BCUT2D eigenvalue weighted by Gasteiger charge is -2.30. The maximum absolute atomic E-state index is 12.7. The van der Waals surface area contributed by atoms with Crippen LogP contribution < -0.4 is 22.2 Å². The van der Waals surface area contributed by atoms with Crippen molar-refractivity contribution in [3.05, 3.63) is 92.5 Å². The third-order valence-electron chi connectivity index (χ3n) is 6.52. The number of nitrogens with one attached hydrogen (secondary N) is 3. The van der Waals surface area contributed by atoms with Crippen molar-refractivity contribution in [3.63, 3.8) is 0 Å². The Balaban J connectivity index is 0.000000266. The third-order valence-corrected chi connectivity index (χ3v) is 6.52. The first-order valence-electron chi connectivity index (χ1n) is 13.7. The number of H-pyrrole nitrogens is 2. The quantitative estimate of drug-likeness (QED) is 0.130. The summed E-state index contributed by atoms with van der Waals surface area (Å²) in [5.74, 6) is -3.56. The van der Waals surface area contributed by atoms with Crippen LogP contribution in [0.2, 0.25) is 0 Å². The summed E-state index contributed by atoms with van der Waals surface area (Å²) in [5.41, 5.74) is 5.03. The summed E-state index contributed by atoms with van der Waals surface area (Å²) in [5, 5.41) is 12.6. The first-order chi connectivity index (χ1) is 20.9.